The van der Waals surface area contributed by atoms with Crippen LogP contribution in [0.3, 0.4) is 0 Å². The van der Waals surface area contributed by atoms with Gasteiger partial charge in [0.25, 0.3) is 5.91 Å². The van der Waals surface area contributed by atoms with Crippen molar-refractivity contribution in [3.8, 4) is 17.2 Å². The fourth-order valence-corrected chi connectivity index (χ4v) is 4.40. The highest BCUT2D eigenvalue weighted by Crippen LogP contribution is 2.41. The van der Waals surface area contributed by atoms with Crippen molar-refractivity contribution in [2.75, 3.05) is 17.0 Å². The summed E-state index contributed by atoms with van der Waals surface area (Å²) >= 11 is 0. The highest BCUT2D eigenvalue weighted by Gasteiger charge is 2.34. The Hall–Kier alpha value is -4.46. The number of aromatic nitrogens is 1. The first-order valence-electron chi connectivity index (χ1n) is 11.3. The molecule has 4 aromatic rings. The van der Waals surface area contributed by atoms with Crippen molar-refractivity contribution in [3.63, 3.8) is 0 Å². The molecule has 8 heteroatoms. The van der Waals surface area contributed by atoms with Gasteiger partial charge in [0.1, 0.15) is 24.3 Å². The number of hydrogen-bond donors (Lipinski definition) is 1. The van der Waals surface area contributed by atoms with Crippen molar-refractivity contribution < 1.29 is 23.5 Å². The minimum absolute atomic E-state index is 0.0954. The van der Waals surface area contributed by atoms with Crippen LogP contribution in [0.25, 0.3) is 0 Å². The molecule has 0 fully saturated rings. The van der Waals surface area contributed by atoms with Crippen molar-refractivity contribution in [2.45, 2.75) is 26.6 Å². The Kier molecular flexibility index (Phi) is 5.06. The van der Waals surface area contributed by atoms with Crippen LogP contribution in [0.5, 0.6) is 17.2 Å². The summed E-state index contributed by atoms with van der Waals surface area (Å²) in [6.45, 7) is 4.31. The molecule has 1 N–H and O–H groups in total. The number of amides is 1. The van der Waals surface area contributed by atoms with Gasteiger partial charge < -0.3 is 24.1 Å². The van der Waals surface area contributed by atoms with Gasteiger partial charge in [0, 0.05) is 11.8 Å². The lowest BCUT2D eigenvalue weighted by Gasteiger charge is -2.38. The van der Waals surface area contributed by atoms with Gasteiger partial charge in [-0.15, -0.1) is 0 Å². The molecule has 6 rings (SSSR count). The van der Waals surface area contributed by atoms with E-state index in [1.54, 1.807) is 4.90 Å². The molecule has 0 saturated carbocycles. The number of fused-ring (bicyclic) bond motifs is 2. The maximum atomic E-state index is 13.6. The molecule has 176 valence electrons. The standard InChI is InChI=1S/C27H23N3O5/c1-16-22(17(2)35-29-16)14-32-20-10-7-18(8-11-20)26-28-23-6-4-3-5-21(23)27(31)30(26)19-9-12-24-25(13-19)34-15-33-24/h3-13,26,28H,14-15H2,1-2H3/t26-/m1/s1. The fourth-order valence-electron chi connectivity index (χ4n) is 4.40. The largest absolute Gasteiger partial charge is 0.489 e. The summed E-state index contributed by atoms with van der Waals surface area (Å²) in [5, 5.41) is 7.49. The van der Waals surface area contributed by atoms with E-state index >= 15 is 0 Å². The second-order valence-corrected chi connectivity index (χ2v) is 8.47. The van der Waals surface area contributed by atoms with Gasteiger partial charge in [-0.3, -0.25) is 9.69 Å². The molecule has 2 aliphatic rings. The number of carbonyl (C=O) groups excluding carboxylic acids is 1. The zero-order valence-corrected chi connectivity index (χ0v) is 19.3. The summed E-state index contributed by atoms with van der Waals surface area (Å²) in [7, 11) is 0. The van der Waals surface area contributed by atoms with Crippen LogP contribution in [0.1, 0.15) is 39.1 Å². The normalized spacial score (nSPS) is 16.1. The number of aryl methyl sites for hydroxylation is 2. The Morgan fingerprint density at radius 1 is 1.03 bits per heavy atom. The van der Waals surface area contributed by atoms with Crippen LogP contribution < -0.4 is 24.4 Å². The summed E-state index contributed by atoms with van der Waals surface area (Å²) in [5.41, 5.74) is 4.79. The van der Waals surface area contributed by atoms with E-state index in [0.717, 1.165) is 28.3 Å². The smallest absolute Gasteiger partial charge is 0.262 e. The third kappa shape index (κ3) is 3.73. The number of ether oxygens (including phenoxy) is 3. The molecule has 0 saturated heterocycles. The summed E-state index contributed by atoms with van der Waals surface area (Å²) in [6, 6.07) is 20.8. The molecular formula is C27H23N3O5. The van der Waals surface area contributed by atoms with Crippen molar-refractivity contribution >= 4 is 17.3 Å². The van der Waals surface area contributed by atoms with Gasteiger partial charge in [0.15, 0.2) is 11.5 Å². The lowest BCUT2D eigenvalue weighted by Crippen LogP contribution is -2.43. The van der Waals surface area contributed by atoms with E-state index in [4.69, 9.17) is 18.7 Å². The summed E-state index contributed by atoms with van der Waals surface area (Å²) in [5.74, 6) is 2.66. The van der Waals surface area contributed by atoms with E-state index in [0.29, 0.717) is 35.1 Å². The van der Waals surface area contributed by atoms with E-state index in [1.807, 2.05) is 80.6 Å². The predicted molar refractivity (Wildman–Crippen MR) is 129 cm³/mol. The van der Waals surface area contributed by atoms with Crippen LogP contribution in [0, 0.1) is 13.8 Å². The lowest BCUT2D eigenvalue weighted by atomic mass is 10.0. The summed E-state index contributed by atoms with van der Waals surface area (Å²) in [4.78, 5) is 15.4. The van der Waals surface area contributed by atoms with Gasteiger partial charge in [0.2, 0.25) is 6.79 Å². The first-order valence-corrected chi connectivity index (χ1v) is 11.3. The maximum absolute atomic E-state index is 13.6. The minimum Gasteiger partial charge on any atom is -0.489 e. The Balaban J connectivity index is 1.31. The van der Waals surface area contributed by atoms with E-state index in [2.05, 4.69) is 10.5 Å². The Morgan fingerprint density at radius 3 is 2.63 bits per heavy atom. The van der Waals surface area contributed by atoms with Crippen LogP contribution in [0.15, 0.2) is 71.3 Å². The second-order valence-electron chi connectivity index (χ2n) is 8.47. The van der Waals surface area contributed by atoms with Gasteiger partial charge in [-0.05, 0) is 55.8 Å². The van der Waals surface area contributed by atoms with Gasteiger partial charge in [-0.2, -0.15) is 0 Å². The zero-order valence-electron chi connectivity index (χ0n) is 19.3. The number of anilines is 2. The molecule has 0 spiro atoms. The second kappa shape index (κ2) is 8.39. The average Bonchev–Trinajstić information content (AvgIpc) is 3.48. The van der Waals surface area contributed by atoms with Crippen molar-refractivity contribution in [2.24, 2.45) is 0 Å². The molecule has 0 aliphatic carbocycles. The average molecular weight is 469 g/mol. The zero-order chi connectivity index (χ0) is 23.9. The van der Waals surface area contributed by atoms with Crippen LogP contribution in [-0.2, 0) is 6.61 Å². The fraction of sp³-hybridized carbons (Fsp3) is 0.185. The van der Waals surface area contributed by atoms with E-state index < -0.39 is 6.17 Å². The molecule has 35 heavy (non-hydrogen) atoms. The molecular weight excluding hydrogens is 446 g/mol. The molecule has 0 radical (unpaired) electrons. The van der Waals surface area contributed by atoms with Crippen molar-refractivity contribution in [1.82, 2.24) is 5.16 Å². The van der Waals surface area contributed by atoms with Gasteiger partial charge in [-0.1, -0.05) is 29.4 Å². The number of hydrogen-bond acceptors (Lipinski definition) is 7. The molecule has 3 heterocycles. The van der Waals surface area contributed by atoms with E-state index in [9.17, 15) is 4.79 Å². The number of rotatable bonds is 5. The Labute approximate surface area is 202 Å². The van der Waals surface area contributed by atoms with Gasteiger partial charge >= 0.3 is 0 Å². The monoisotopic (exact) mass is 469 g/mol. The maximum Gasteiger partial charge on any atom is 0.262 e. The first-order chi connectivity index (χ1) is 17.1. The molecule has 1 aromatic heterocycles. The first kappa shape index (κ1) is 21.1. The lowest BCUT2D eigenvalue weighted by molar-refractivity contribution is 0.0975. The van der Waals surface area contributed by atoms with Crippen LogP contribution in [0.4, 0.5) is 11.4 Å². The number of carbonyl (C=O) groups is 1. The van der Waals surface area contributed by atoms with Crippen molar-refractivity contribution in [1.29, 1.82) is 0 Å². The SMILES string of the molecule is Cc1noc(C)c1COc1ccc([C@@H]2Nc3ccccc3C(=O)N2c2ccc3c(c2)OCO3)cc1. The van der Waals surface area contributed by atoms with E-state index in [1.165, 1.54) is 0 Å². The molecule has 3 aromatic carbocycles. The van der Waals surface area contributed by atoms with Crippen LogP contribution in [0.2, 0.25) is 0 Å². The number of nitrogens with zero attached hydrogens (tertiary/aromatic N) is 2. The summed E-state index contributed by atoms with van der Waals surface area (Å²) in [6.07, 6.45) is -0.422. The van der Waals surface area contributed by atoms with Gasteiger partial charge in [0.05, 0.1) is 22.5 Å². The molecule has 2 aliphatic heterocycles. The topological polar surface area (TPSA) is 86.1 Å². The Bertz CT molecular complexity index is 1390. The van der Waals surface area contributed by atoms with Crippen LogP contribution >= 0.6 is 0 Å². The molecule has 1 atom stereocenters. The number of nitrogens with one attached hydrogen (secondary N) is 1. The summed E-state index contributed by atoms with van der Waals surface area (Å²) < 4.78 is 22.2. The number of para-hydroxylation sites is 1. The van der Waals surface area contributed by atoms with Gasteiger partial charge in [-0.25, -0.2) is 0 Å². The molecule has 1 amide bonds. The third-order valence-electron chi connectivity index (χ3n) is 6.32. The van der Waals surface area contributed by atoms with Crippen LogP contribution in [-0.4, -0.2) is 17.9 Å². The predicted octanol–water partition coefficient (Wildman–Crippen LogP) is 5.37. The van der Waals surface area contributed by atoms with Crippen molar-refractivity contribution in [3.05, 3.63) is 94.9 Å². The minimum atomic E-state index is -0.422. The molecule has 0 unspecified atom stereocenters. The highest BCUT2D eigenvalue weighted by atomic mass is 16.7. The quantitative estimate of drug-likeness (QED) is 0.420. The van der Waals surface area contributed by atoms with E-state index in [-0.39, 0.29) is 12.7 Å². The number of benzene rings is 3. The highest BCUT2D eigenvalue weighted by molar-refractivity contribution is 6.12. The molecule has 0 bridgehead atoms. The Morgan fingerprint density at radius 2 is 1.83 bits per heavy atom. The molecule has 8 nitrogen and oxygen atoms in total. The third-order valence-corrected chi connectivity index (χ3v) is 6.32.